The molecular weight excluding hydrogens is 333 g/mol. The van der Waals surface area contributed by atoms with Crippen molar-refractivity contribution in [2.45, 2.75) is 19.6 Å². The maximum absolute atomic E-state index is 6.44. The molecular formula is C18H17Cl2NO2. The molecule has 0 aliphatic rings. The van der Waals surface area contributed by atoms with Crippen molar-refractivity contribution in [1.82, 2.24) is 5.32 Å². The van der Waals surface area contributed by atoms with E-state index in [1.54, 1.807) is 6.07 Å². The molecule has 1 N–H and O–H groups in total. The Bertz CT molecular complexity index is 801. The lowest BCUT2D eigenvalue weighted by atomic mass is 10.1. The van der Waals surface area contributed by atoms with Gasteiger partial charge in [-0.15, -0.1) is 0 Å². The number of halogens is 2. The fourth-order valence-electron chi connectivity index (χ4n) is 2.41. The summed E-state index contributed by atoms with van der Waals surface area (Å²) in [4.78, 5) is 0. The highest BCUT2D eigenvalue weighted by atomic mass is 35.5. The number of fused-ring (bicyclic) bond motifs is 1. The summed E-state index contributed by atoms with van der Waals surface area (Å²) in [6.45, 7) is 3.26. The average Bonchev–Trinajstić information content (AvgIpc) is 2.96. The molecule has 23 heavy (non-hydrogen) atoms. The van der Waals surface area contributed by atoms with Crippen molar-refractivity contribution >= 4 is 34.0 Å². The van der Waals surface area contributed by atoms with Gasteiger partial charge in [0, 0.05) is 11.9 Å². The Hall–Kier alpha value is -1.68. The molecule has 0 aliphatic heterocycles. The van der Waals surface area contributed by atoms with Crippen LogP contribution in [0.3, 0.4) is 0 Å². The molecule has 0 fully saturated rings. The van der Waals surface area contributed by atoms with Gasteiger partial charge in [0.2, 0.25) is 0 Å². The molecule has 0 saturated carbocycles. The van der Waals surface area contributed by atoms with Crippen LogP contribution in [0.4, 0.5) is 0 Å². The molecule has 1 aromatic heterocycles. The Morgan fingerprint density at radius 2 is 1.91 bits per heavy atom. The van der Waals surface area contributed by atoms with Crippen molar-refractivity contribution < 1.29 is 9.15 Å². The topological polar surface area (TPSA) is 34.4 Å². The minimum absolute atomic E-state index is 0.0286. The second-order valence-electron chi connectivity index (χ2n) is 5.36. The van der Waals surface area contributed by atoms with Gasteiger partial charge in [0.05, 0.1) is 11.6 Å². The number of furan rings is 1. The van der Waals surface area contributed by atoms with Gasteiger partial charge >= 0.3 is 0 Å². The number of hydrogen-bond acceptors (Lipinski definition) is 3. The Labute approximate surface area is 145 Å². The van der Waals surface area contributed by atoms with Gasteiger partial charge < -0.3 is 14.5 Å². The minimum atomic E-state index is -0.0286. The third kappa shape index (κ3) is 3.99. The number of rotatable bonds is 6. The molecule has 0 saturated heterocycles. The normalized spacial score (nSPS) is 12.5. The first kappa shape index (κ1) is 16.2. The summed E-state index contributed by atoms with van der Waals surface area (Å²) in [5, 5.41) is 6.41. The zero-order valence-electron chi connectivity index (χ0n) is 12.7. The predicted octanol–water partition coefficient (Wildman–Crippen LogP) is 5.30. The van der Waals surface area contributed by atoms with Crippen LogP contribution >= 0.6 is 23.2 Å². The van der Waals surface area contributed by atoms with Gasteiger partial charge in [-0.3, -0.25) is 0 Å². The number of nitrogens with one attached hydrogen (secondary N) is 1. The highest BCUT2D eigenvalue weighted by Gasteiger charge is 2.10. The second-order valence-corrected chi connectivity index (χ2v) is 6.11. The number of hydrogen-bond donors (Lipinski definition) is 1. The molecule has 3 nitrogen and oxygen atoms in total. The minimum Gasteiger partial charge on any atom is -0.488 e. The van der Waals surface area contributed by atoms with Crippen LogP contribution in [0.25, 0.3) is 10.8 Å². The largest absolute Gasteiger partial charge is 0.488 e. The average molecular weight is 350 g/mol. The highest BCUT2D eigenvalue weighted by Crippen LogP contribution is 2.33. The van der Waals surface area contributed by atoms with E-state index in [1.807, 2.05) is 49.4 Å². The smallest absolute Gasteiger partial charge is 0.193 e. The first-order valence-electron chi connectivity index (χ1n) is 7.42. The number of ether oxygens (including phenoxy) is 1. The second kappa shape index (κ2) is 7.26. The van der Waals surface area contributed by atoms with Crippen LogP contribution in [0.1, 0.15) is 12.7 Å². The molecule has 0 radical (unpaired) electrons. The first-order valence-corrected chi connectivity index (χ1v) is 8.18. The summed E-state index contributed by atoms with van der Waals surface area (Å²) in [6, 6.07) is 15.5. The van der Waals surface area contributed by atoms with Crippen molar-refractivity contribution in [1.29, 1.82) is 0 Å². The molecule has 0 spiro atoms. The Morgan fingerprint density at radius 1 is 1.09 bits per heavy atom. The summed E-state index contributed by atoms with van der Waals surface area (Å²) in [5.74, 6) is 1.49. The molecule has 3 aromatic rings. The summed E-state index contributed by atoms with van der Waals surface area (Å²) in [5.41, 5.74) is 0. The van der Waals surface area contributed by atoms with Gasteiger partial charge in [0.1, 0.15) is 17.6 Å². The molecule has 1 unspecified atom stereocenters. The Kier molecular flexibility index (Phi) is 5.11. The monoisotopic (exact) mass is 349 g/mol. The summed E-state index contributed by atoms with van der Waals surface area (Å²) in [6.07, 6.45) is -0.0286. The van der Waals surface area contributed by atoms with E-state index in [0.29, 0.717) is 29.1 Å². The fraction of sp³-hybridized carbons (Fsp3) is 0.222. The summed E-state index contributed by atoms with van der Waals surface area (Å²) >= 11 is 12.2. The molecule has 0 bridgehead atoms. The van der Waals surface area contributed by atoms with Gasteiger partial charge in [-0.1, -0.05) is 41.9 Å². The van der Waals surface area contributed by atoms with E-state index >= 15 is 0 Å². The Morgan fingerprint density at radius 3 is 2.70 bits per heavy atom. The van der Waals surface area contributed by atoms with Crippen LogP contribution < -0.4 is 10.1 Å². The third-order valence-electron chi connectivity index (χ3n) is 3.52. The van der Waals surface area contributed by atoms with Crippen molar-refractivity contribution in [3.8, 4) is 5.75 Å². The van der Waals surface area contributed by atoms with Crippen molar-refractivity contribution in [3.63, 3.8) is 0 Å². The van der Waals surface area contributed by atoms with E-state index in [1.165, 1.54) is 0 Å². The van der Waals surface area contributed by atoms with E-state index in [4.69, 9.17) is 32.4 Å². The van der Waals surface area contributed by atoms with Crippen molar-refractivity contribution in [2.24, 2.45) is 0 Å². The molecule has 5 heteroatoms. The zero-order chi connectivity index (χ0) is 16.2. The fourth-order valence-corrected chi connectivity index (χ4v) is 2.85. The standard InChI is InChI=1S/C18H17Cl2NO2/c1-12(10-21-11-14-7-9-17(19)23-14)22-16-8-6-13-4-2-3-5-15(13)18(16)20/h2-9,12,21H,10-11H2,1H3. The van der Waals surface area contributed by atoms with Gasteiger partial charge in [0.25, 0.3) is 0 Å². The predicted molar refractivity (Wildman–Crippen MR) is 94.5 cm³/mol. The summed E-state index contributed by atoms with van der Waals surface area (Å²) < 4.78 is 11.2. The van der Waals surface area contributed by atoms with Crippen LogP contribution in [0.2, 0.25) is 10.2 Å². The van der Waals surface area contributed by atoms with E-state index in [9.17, 15) is 0 Å². The zero-order valence-corrected chi connectivity index (χ0v) is 14.2. The lowest BCUT2D eigenvalue weighted by molar-refractivity contribution is 0.216. The molecule has 120 valence electrons. The molecule has 0 amide bonds. The first-order chi connectivity index (χ1) is 11.1. The molecule has 2 aromatic carbocycles. The quantitative estimate of drug-likeness (QED) is 0.655. The van der Waals surface area contributed by atoms with Crippen LogP contribution in [0.15, 0.2) is 52.9 Å². The summed E-state index contributed by atoms with van der Waals surface area (Å²) in [7, 11) is 0. The van der Waals surface area contributed by atoms with Gasteiger partial charge in [0.15, 0.2) is 5.22 Å². The van der Waals surface area contributed by atoms with Crippen LogP contribution in [-0.4, -0.2) is 12.6 Å². The van der Waals surface area contributed by atoms with Crippen LogP contribution in [-0.2, 0) is 6.54 Å². The van der Waals surface area contributed by atoms with Crippen molar-refractivity contribution in [2.75, 3.05) is 6.54 Å². The van der Waals surface area contributed by atoms with E-state index < -0.39 is 0 Å². The van der Waals surface area contributed by atoms with Gasteiger partial charge in [-0.25, -0.2) is 0 Å². The number of benzene rings is 2. The molecule has 1 heterocycles. The molecule has 1 atom stereocenters. The van der Waals surface area contributed by atoms with E-state index in [2.05, 4.69) is 5.32 Å². The Balaban J connectivity index is 1.59. The van der Waals surface area contributed by atoms with Crippen molar-refractivity contribution in [3.05, 3.63) is 64.5 Å². The molecule has 3 rings (SSSR count). The SMILES string of the molecule is CC(CNCc1ccc(Cl)o1)Oc1ccc2ccccc2c1Cl. The van der Waals surface area contributed by atoms with Crippen LogP contribution in [0.5, 0.6) is 5.75 Å². The van der Waals surface area contributed by atoms with Gasteiger partial charge in [-0.2, -0.15) is 0 Å². The van der Waals surface area contributed by atoms with Gasteiger partial charge in [-0.05, 0) is 42.1 Å². The third-order valence-corrected chi connectivity index (χ3v) is 4.11. The maximum atomic E-state index is 6.44. The van der Waals surface area contributed by atoms with E-state index in [0.717, 1.165) is 16.5 Å². The van der Waals surface area contributed by atoms with Crippen LogP contribution in [0, 0.1) is 0 Å². The van der Waals surface area contributed by atoms with E-state index in [-0.39, 0.29) is 6.10 Å². The highest BCUT2D eigenvalue weighted by molar-refractivity contribution is 6.37. The lowest BCUT2D eigenvalue weighted by Crippen LogP contribution is -2.28. The molecule has 0 aliphatic carbocycles. The lowest BCUT2D eigenvalue weighted by Gasteiger charge is -2.17. The maximum Gasteiger partial charge on any atom is 0.193 e.